The van der Waals surface area contributed by atoms with Crippen LogP contribution in [0.5, 0.6) is 0 Å². The third-order valence-electron chi connectivity index (χ3n) is 4.38. The number of aromatic amines is 1. The molecule has 0 aliphatic rings. The van der Waals surface area contributed by atoms with E-state index >= 15 is 0 Å². The van der Waals surface area contributed by atoms with Crippen LogP contribution in [0.4, 0.5) is 0 Å². The van der Waals surface area contributed by atoms with Gasteiger partial charge in [-0.2, -0.15) is 0 Å². The summed E-state index contributed by atoms with van der Waals surface area (Å²) in [5, 5.41) is 10.8. The number of hydrogen-bond acceptors (Lipinski definition) is 3. The van der Waals surface area contributed by atoms with Crippen molar-refractivity contribution in [2.45, 2.75) is 25.7 Å². The van der Waals surface area contributed by atoms with E-state index < -0.39 is 0 Å². The maximum Gasteiger partial charge on any atom is 0.133 e. The summed E-state index contributed by atoms with van der Waals surface area (Å²) >= 11 is 12.1. The van der Waals surface area contributed by atoms with Crippen molar-refractivity contribution in [2.24, 2.45) is 5.92 Å². The van der Waals surface area contributed by atoms with Crippen LogP contribution in [-0.4, -0.2) is 27.5 Å². The lowest BCUT2D eigenvalue weighted by molar-refractivity contribution is -0.120. The van der Waals surface area contributed by atoms with E-state index in [9.17, 15) is 9.90 Å². The molecule has 26 heavy (non-hydrogen) atoms. The van der Waals surface area contributed by atoms with Gasteiger partial charge in [0.05, 0.1) is 11.0 Å². The van der Waals surface area contributed by atoms with Crippen LogP contribution in [-0.2, 0) is 17.6 Å². The van der Waals surface area contributed by atoms with Gasteiger partial charge in [0.15, 0.2) is 0 Å². The number of rotatable bonds is 8. The van der Waals surface area contributed by atoms with Crippen molar-refractivity contribution in [1.82, 2.24) is 9.97 Å². The van der Waals surface area contributed by atoms with Gasteiger partial charge in [0, 0.05) is 35.9 Å². The number of aryl methyl sites for hydroxylation is 1. The SMILES string of the molecule is O=C(CCc1nc2ccccc2[nH]1)C[C@H](CO)Cc1ccc(Cl)cc1Cl. The van der Waals surface area contributed by atoms with Crippen molar-refractivity contribution in [3.63, 3.8) is 0 Å². The van der Waals surface area contributed by atoms with Crippen molar-refractivity contribution < 1.29 is 9.90 Å². The number of nitrogens with one attached hydrogen (secondary N) is 1. The lowest BCUT2D eigenvalue weighted by Gasteiger charge is -2.14. The second-order valence-corrected chi connectivity index (χ2v) is 7.28. The van der Waals surface area contributed by atoms with Gasteiger partial charge in [-0.3, -0.25) is 4.79 Å². The van der Waals surface area contributed by atoms with Gasteiger partial charge < -0.3 is 10.1 Å². The highest BCUT2D eigenvalue weighted by Crippen LogP contribution is 2.24. The topological polar surface area (TPSA) is 66.0 Å². The molecule has 0 spiro atoms. The van der Waals surface area contributed by atoms with Gasteiger partial charge in [-0.25, -0.2) is 4.98 Å². The maximum absolute atomic E-state index is 12.3. The average molecular weight is 391 g/mol. The molecule has 0 saturated heterocycles. The van der Waals surface area contributed by atoms with Crippen LogP contribution >= 0.6 is 23.2 Å². The molecule has 3 rings (SSSR count). The minimum Gasteiger partial charge on any atom is -0.396 e. The molecule has 3 aromatic rings. The number of H-pyrrole nitrogens is 1. The van der Waals surface area contributed by atoms with E-state index in [-0.39, 0.29) is 18.3 Å². The molecule has 6 heteroatoms. The first-order chi connectivity index (χ1) is 12.5. The molecule has 0 unspecified atom stereocenters. The van der Waals surface area contributed by atoms with Crippen LogP contribution in [0.1, 0.15) is 24.2 Å². The van der Waals surface area contributed by atoms with E-state index in [1.807, 2.05) is 30.3 Å². The molecule has 2 aromatic carbocycles. The van der Waals surface area contributed by atoms with Crippen LogP contribution in [0, 0.1) is 5.92 Å². The van der Waals surface area contributed by atoms with Gasteiger partial charge in [0.1, 0.15) is 11.6 Å². The number of carbonyl (C=O) groups excluding carboxylic acids is 1. The van der Waals surface area contributed by atoms with E-state index in [1.165, 1.54) is 0 Å². The molecule has 0 radical (unpaired) electrons. The average Bonchev–Trinajstić information content (AvgIpc) is 3.04. The van der Waals surface area contributed by atoms with Crippen molar-refractivity contribution in [3.05, 3.63) is 63.9 Å². The summed E-state index contributed by atoms with van der Waals surface area (Å²) in [5.74, 6) is 0.757. The van der Waals surface area contributed by atoms with Crippen LogP contribution in [0.15, 0.2) is 42.5 Å². The Morgan fingerprint density at radius 3 is 2.73 bits per heavy atom. The second kappa shape index (κ2) is 8.67. The molecule has 0 aliphatic carbocycles. The number of Topliss-reactive ketones (excluding diaryl/α,β-unsaturated/α-hetero) is 1. The number of carbonyl (C=O) groups is 1. The number of imidazole rings is 1. The third-order valence-corrected chi connectivity index (χ3v) is 4.96. The standard InChI is InChI=1S/C20H20Cl2N2O2/c21-15-6-5-14(17(22)11-15)9-13(12-25)10-16(26)7-8-20-23-18-3-1-2-4-19(18)24-20/h1-6,11,13,25H,7-10,12H2,(H,23,24)/t13-/m1/s1. The summed E-state index contributed by atoms with van der Waals surface area (Å²) in [7, 11) is 0. The molecule has 0 saturated carbocycles. The molecule has 136 valence electrons. The Kier molecular flexibility index (Phi) is 6.30. The fourth-order valence-corrected chi connectivity index (χ4v) is 3.49. The van der Waals surface area contributed by atoms with Crippen LogP contribution < -0.4 is 0 Å². The maximum atomic E-state index is 12.3. The number of nitrogens with zero attached hydrogens (tertiary/aromatic N) is 1. The normalized spacial score (nSPS) is 12.4. The molecular formula is C20H20Cl2N2O2. The van der Waals surface area contributed by atoms with Crippen molar-refractivity contribution in [1.29, 1.82) is 0 Å². The zero-order valence-electron chi connectivity index (χ0n) is 14.2. The number of fused-ring (bicyclic) bond motifs is 1. The summed E-state index contributed by atoms with van der Waals surface area (Å²) in [6, 6.07) is 13.1. The Bertz CT molecular complexity index is 875. The number of aromatic nitrogens is 2. The Morgan fingerprint density at radius 2 is 2.00 bits per heavy atom. The first-order valence-electron chi connectivity index (χ1n) is 8.55. The second-order valence-electron chi connectivity index (χ2n) is 6.43. The first-order valence-corrected chi connectivity index (χ1v) is 9.31. The van der Waals surface area contributed by atoms with Gasteiger partial charge in [-0.05, 0) is 42.2 Å². The van der Waals surface area contributed by atoms with Crippen LogP contribution in [0.2, 0.25) is 10.0 Å². The summed E-state index contributed by atoms with van der Waals surface area (Å²) in [4.78, 5) is 20.0. The minimum atomic E-state index is -0.156. The Hall–Kier alpha value is -1.88. The van der Waals surface area contributed by atoms with E-state index in [2.05, 4.69) is 9.97 Å². The predicted molar refractivity (Wildman–Crippen MR) is 105 cm³/mol. The zero-order chi connectivity index (χ0) is 18.5. The first kappa shape index (κ1) is 18.9. The minimum absolute atomic E-state index is 0.0602. The lowest BCUT2D eigenvalue weighted by atomic mass is 9.93. The predicted octanol–water partition coefficient (Wildman–Crippen LogP) is 4.61. The van der Waals surface area contributed by atoms with Crippen molar-refractivity contribution in [3.8, 4) is 0 Å². The molecule has 0 amide bonds. The Labute approximate surface area is 162 Å². The van der Waals surface area contributed by atoms with Gasteiger partial charge in [0.2, 0.25) is 0 Å². The van der Waals surface area contributed by atoms with Crippen LogP contribution in [0.25, 0.3) is 11.0 Å². The Morgan fingerprint density at radius 1 is 1.19 bits per heavy atom. The van der Waals surface area contributed by atoms with Gasteiger partial charge >= 0.3 is 0 Å². The van der Waals surface area contributed by atoms with Crippen molar-refractivity contribution >= 4 is 40.0 Å². The fourth-order valence-electron chi connectivity index (χ4n) is 3.01. The lowest BCUT2D eigenvalue weighted by Crippen LogP contribution is -2.16. The van der Waals surface area contributed by atoms with E-state index in [0.717, 1.165) is 22.4 Å². The quantitative estimate of drug-likeness (QED) is 0.589. The number of hydrogen-bond donors (Lipinski definition) is 2. The smallest absolute Gasteiger partial charge is 0.133 e. The molecule has 0 bridgehead atoms. The summed E-state index contributed by atoms with van der Waals surface area (Å²) < 4.78 is 0. The number of para-hydroxylation sites is 2. The van der Waals surface area contributed by atoms with E-state index in [0.29, 0.717) is 35.7 Å². The molecular weight excluding hydrogens is 371 g/mol. The fraction of sp³-hybridized carbons (Fsp3) is 0.300. The number of ketones is 1. The highest BCUT2D eigenvalue weighted by Gasteiger charge is 2.16. The summed E-state index contributed by atoms with van der Waals surface area (Å²) in [5.41, 5.74) is 2.77. The van der Waals surface area contributed by atoms with Gasteiger partial charge in [-0.1, -0.05) is 41.4 Å². The van der Waals surface area contributed by atoms with Crippen LogP contribution in [0.3, 0.4) is 0 Å². The van der Waals surface area contributed by atoms with E-state index in [4.69, 9.17) is 23.2 Å². The van der Waals surface area contributed by atoms with Crippen molar-refractivity contribution in [2.75, 3.05) is 6.61 Å². The number of benzene rings is 2. The number of aliphatic hydroxyl groups is 1. The third kappa shape index (κ3) is 4.85. The Balaban J connectivity index is 1.55. The summed E-state index contributed by atoms with van der Waals surface area (Å²) in [6.45, 7) is -0.0602. The van der Waals surface area contributed by atoms with Gasteiger partial charge in [0.25, 0.3) is 0 Å². The molecule has 1 atom stereocenters. The highest BCUT2D eigenvalue weighted by molar-refractivity contribution is 6.35. The molecule has 4 nitrogen and oxygen atoms in total. The highest BCUT2D eigenvalue weighted by atomic mass is 35.5. The largest absolute Gasteiger partial charge is 0.396 e. The molecule has 1 aromatic heterocycles. The monoisotopic (exact) mass is 390 g/mol. The summed E-state index contributed by atoms with van der Waals surface area (Å²) in [6.07, 6.45) is 1.82. The number of halogens is 2. The molecule has 2 N–H and O–H groups in total. The molecule has 0 fully saturated rings. The van der Waals surface area contributed by atoms with E-state index in [1.54, 1.807) is 12.1 Å². The molecule has 1 heterocycles. The number of aliphatic hydroxyl groups excluding tert-OH is 1. The van der Waals surface area contributed by atoms with Gasteiger partial charge in [-0.15, -0.1) is 0 Å². The zero-order valence-corrected chi connectivity index (χ0v) is 15.7. The molecule has 0 aliphatic heterocycles.